The smallest absolute Gasteiger partial charge is 0.269 e. The number of nitrogens with zero attached hydrogens (tertiary/aromatic N) is 1. The first-order chi connectivity index (χ1) is 13.0. The summed E-state index contributed by atoms with van der Waals surface area (Å²) in [7, 11) is 1.59. The normalized spacial score (nSPS) is 10.4. The van der Waals surface area contributed by atoms with Gasteiger partial charge in [0.2, 0.25) is 0 Å². The Hall–Kier alpha value is -2.84. The number of hydrogen-bond acceptors (Lipinski definition) is 6. The SMILES string of the molecule is CCOc1ccc(NC(=O)c2sc(=S)n(-c3cccc(OC)c3)c2N)cc1. The van der Waals surface area contributed by atoms with Gasteiger partial charge in [0.25, 0.3) is 5.91 Å². The average molecular weight is 402 g/mol. The number of carbonyl (C=O) groups excluding carboxylic acids is 1. The Morgan fingerprint density at radius 3 is 2.63 bits per heavy atom. The van der Waals surface area contributed by atoms with Crippen molar-refractivity contribution < 1.29 is 14.3 Å². The molecule has 0 spiro atoms. The van der Waals surface area contributed by atoms with Gasteiger partial charge in [0, 0.05) is 11.8 Å². The molecular weight excluding hydrogens is 382 g/mol. The molecule has 0 unspecified atom stereocenters. The summed E-state index contributed by atoms with van der Waals surface area (Å²) in [6, 6.07) is 14.5. The fraction of sp³-hybridized carbons (Fsp3) is 0.158. The van der Waals surface area contributed by atoms with E-state index in [1.807, 2.05) is 31.2 Å². The van der Waals surface area contributed by atoms with Crippen molar-refractivity contribution in [1.29, 1.82) is 0 Å². The molecular formula is C19H19N3O3S2. The maximum Gasteiger partial charge on any atom is 0.269 e. The molecule has 0 bridgehead atoms. The van der Waals surface area contributed by atoms with Gasteiger partial charge < -0.3 is 20.5 Å². The van der Waals surface area contributed by atoms with Crippen LogP contribution in [0.3, 0.4) is 0 Å². The van der Waals surface area contributed by atoms with E-state index in [0.717, 1.165) is 22.8 Å². The molecule has 0 radical (unpaired) electrons. The Balaban J connectivity index is 1.87. The van der Waals surface area contributed by atoms with Crippen LogP contribution in [-0.4, -0.2) is 24.2 Å². The van der Waals surface area contributed by atoms with Crippen LogP contribution in [0.1, 0.15) is 16.6 Å². The number of amides is 1. The van der Waals surface area contributed by atoms with E-state index >= 15 is 0 Å². The molecule has 1 amide bonds. The molecule has 0 fully saturated rings. The molecule has 1 aromatic heterocycles. The van der Waals surface area contributed by atoms with Gasteiger partial charge in [-0.2, -0.15) is 0 Å². The lowest BCUT2D eigenvalue weighted by atomic mass is 10.3. The molecule has 3 rings (SSSR count). The van der Waals surface area contributed by atoms with Gasteiger partial charge in [-0.25, -0.2) is 0 Å². The second-order valence-electron chi connectivity index (χ2n) is 5.53. The second-order valence-corrected chi connectivity index (χ2v) is 7.17. The number of hydrogen-bond donors (Lipinski definition) is 2. The molecule has 3 aromatic rings. The first-order valence-corrected chi connectivity index (χ1v) is 9.46. The molecule has 1 heterocycles. The molecule has 6 nitrogen and oxygen atoms in total. The van der Waals surface area contributed by atoms with Crippen molar-refractivity contribution in [3.05, 3.63) is 57.4 Å². The van der Waals surface area contributed by atoms with Crippen LogP contribution in [0.4, 0.5) is 11.5 Å². The number of nitrogen functional groups attached to an aromatic ring is 1. The number of anilines is 2. The zero-order valence-corrected chi connectivity index (χ0v) is 16.5. The van der Waals surface area contributed by atoms with Gasteiger partial charge in [0.1, 0.15) is 22.2 Å². The van der Waals surface area contributed by atoms with E-state index in [4.69, 9.17) is 27.4 Å². The van der Waals surface area contributed by atoms with Gasteiger partial charge in [-0.05, 0) is 55.5 Å². The molecule has 2 aromatic carbocycles. The summed E-state index contributed by atoms with van der Waals surface area (Å²) in [5, 5.41) is 2.83. The lowest BCUT2D eigenvalue weighted by Gasteiger charge is -2.09. The number of carbonyl (C=O) groups is 1. The van der Waals surface area contributed by atoms with Crippen LogP contribution >= 0.6 is 23.6 Å². The summed E-state index contributed by atoms with van der Waals surface area (Å²) in [5.41, 5.74) is 7.62. The zero-order valence-electron chi connectivity index (χ0n) is 14.9. The van der Waals surface area contributed by atoms with Crippen LogP contribution in [0.2, 0.25) is 0 Å². The third kappa shape index (κ3) is 4.12. The predicted octanol–water partition coefficient (Wildman–Crippen LogP) is 4.51. The lowest BCUT2D eigenvalue weighted by molar-refractivity contribution is 0.103. The minimum Gasteiger partial charge on any atom is -0.497 e. The molecule has 0 aliphatic rings. The van der Waals surface area contributed by atoms with Crippen molar-refractivity contribution in [3.63, 3.8) is 0 Å². The average Bonchev–Trinajstić information content (AvgIpc) is 2.98. The highest BCUT2D eigenvalue weighted by molar-refractivity contribution is 7.73. The van der Waals surface area contributed by atoms with Crippen molar-refractivity contribution in [1.82, 2.24) is 4.57 Å². The summed E-state index contributed by atoms with van der Waals surface area (Å²) < 4.78 is 12.8. The van der Waals surface area contributed by atoms with Crippen LogP contribution < -0.4 is 20.5 Å². The van der Waals surface area contributed by atoms with E-state index in [2.05, 4.69) is 5.32 Å². The van der Waals surface area contributed by atoms with E-state index in [-0.39, 0.29) is 5.91 Å². The highest BCUT2D eigenvalue weighted by Crippen LogP contribution is 2.28. The van der Waals surface area contributed by atoms with Crippen LogP contribution in [0.25, 0.3) is 5.69 Å². The standard InChI is InChI=1S/C19H19N3O3S2/c1-3-25-14-9-7-12(8-10-14)21-18(23)16-17(20)22(19(26)27-16)13-5-4-6-15(11-13)24-2/h4-11H,3,20H2,1-2H3,(H,21,23). The molecule has 3 N–H and O–H groups in total. The van der Waals surface area contributed by atoms with Gasteiger partial charge in [0.05, 0.1) is 19.4 Å². The third-order valence-electron chi connectivity index (χ3n) is 3.79. The number of methoxy groups -OCH3 is 1. The van der Waals surface area contributed by atoms with Crippen LogP contribution in [0, 0.1) is 3.95 Å². The Morgan fingerprint density at radius 1 is 1.22 bits per heavy atom. The fourth-order valence-corrected chi connectivity index (χ4v) is 3.79. The molecule has 0 saturated heterocycles. The largest absolute Gasteiger partial charge is 0.497 e. The maximum absolute atomic E-state index is 12.7. The van der Waals surface area contributed by atoms with Gasteiger partial charge in [-0.1, -0.05) is 17.4 Å². The Kier molecular flexibility index (Phi) is 5.78. The van der Waals surface area contributed by atoms with Crippen LogP contribution in [-0.2, 0) is 0 Å². The Labute approximate surface area is 166 Å². The Bertz CT molecular complexity index is 1010. The highest BCUT2D eigenvalue weighted by Gasteiger charge is 2.18. The fourth-order valence-electron chi connectivity index (χ4n) is 2.53. The molecule has 8 heteroatoms. The summed E-state index contributed by atoms with van der Waals surface area (Å²) in [5.74, 6) is 1.41. The minimum atomic E-state index is -0.311. The van der Waals surface area contributed by atoms with E-state index in [1.54, 1.807) is 35.9 Å². The van der Waals surface area contributed by atoms with E-state index < -0.39 is 0 Å². The van der Waals surface area contributed by atoms with Crippen molar-refractivity contribution in [3.8, 4) is 17.2 Å². The maximum atomic E-state index is 12.7. The topological polar surface area (TPSA) is 78.5 Å². The number of aromatic nitrogens is 1. The number of rotatable bonds is 6. The predicted molar refractivity (Wildman–Crippen MR) is 111 cm³/mol. The molecule has 0 aliphatic heterocycles. The minimum absolute atomic E-state index is 0.293. The van der Waals surface area contributed by atoms with Crippen molar-refractivity contribution in [2.45, 2.75) is 6.92 Å². The molecule has 0 saturated carbocycles. The first kappa shape index (κ1) is 18.9. The Morgan fingerprint density at radius 2 is 1.96 bits per heavy atom. The quantitative estimate of drug-likeness (QED) is 0.594. The molecule has 0 aliphatic carbocycles. The first-order valence-electron chi connectivity index (χ1n) is 8.23. The molecule has 27 heavy (non-hydrogen) atoms. The van der Waals surface area contributed by atoms with Crippen LogP contribution in [0.15, 0.2) is 48.5 Å². The number of nitrogens with two attached hydrogens (primary N) is 1. The monoisotopic (exact) mass is 401 g/mol. The second kappa shape index (κ2) is 8.24. The van der Waals surface area contributed by atoms with Crippen molar-refractivity contribution >= 4 is 41.0 Å². The van der Waals surface area contributed by atoms with Gasteiger partial charge in [0.15, 0.2) is 3.95 Å². The third-order valence-corrected chi connectivity index (χ3v) is 5.17. The number of nitrogens with one attached hydrogen (secondary N) is 1. The highest BCUT2D eigenvalue weighted by atomic mass is 32.1. The molecule has 0 atom stereocenters. The lowest BCUT2D eigenvalue weighted by Crippen LogP contribution is -2.13. The van der Waals surface area contributed by atoms with E-state index in [9.17, 15) is 4.79 Å². The van der Waals surface area contributed by atoms with Crippen molar-refractivity contribution in [2.75, 3.05) is 24.8 Å². The molecule has 140 valence electrons. The van der Waals surface area contributed by atoms with Gasteiger partial charge in [-0.3, -0.25) is 9.36 Å². The van der Waals surface area contributed by atoms with E-state index in [0.29, 0.717) is 32.7 Å². The van der Waals surface area contributed by atoms with Crippen LogP contribution in [0.5, 0.6) is 11.5 Å². The van der Waals surface area contributed by atoms with Gasteiger partial charge in [-0.15, -0.1) is 0 Å². The summed E-state index contributed by atoms with van der Waals surface area (Å²) in [4.78, 5) is 13.0. The number of ether oxygens (including phenoxy) is 2. The van der Waals surface area contributed by atoms with E-state index in [1.165, 1.54) is 0 Å². The summed E-state index contributed by atoms with van der Waals surface area (Å²) in [6.45, 7) is 2.50. The zero-order chi connectivity index (χ0) is 19.4. The number of benzene rings is 2. The van der Waals surface area contributed by atoms with Gasteiger partial charge >= 0.3 is 0 Å². The van der Waals surface area contributed by atoms with Crippen molar-refractivity contribution in [2.24, 2.45) is 0 Å². The number of thiazole rings is 1. The summed E-state index contributed by atoms with van der Waals surface area (Å²) >= 11 is 6.58. The summed E-state index contributed by atoms with van der Waals surface area (Å²) in [6.07, 6.45) is 0.